The van der Waals surface area contributed by atoms with Gasteiger partial charge in [0.15, 0.2) is 0 Å². The summed E-state index contributed by atoms with van der Waals surface area (Å²) in [6.45, 7) is 0. The van der Waals surface area contributed by atoms with Gasteiger partial charge in [-0.25, -0.2) is 0 Å². The molecule has 3 N–H and O–H groups in total. The van der Waals surface area contributed by atoms with Crippen LogP contribution in [0.15, 0.2) is 21.8 Å². The van der Waals surface area contributed by atoms with Crippen LogP contribution in [0.2, 0.25) is 0 Å². The molecule has 20 heavy (non-hydrogen) atoms. The van der Waals surface area contributed by atoms with Gasteiger partial charge in [-0.1, -0.05) is 18.2 Å². The van der Waals surface area contributed by atoms with Crippen LogP contribution in [0.3, 0.4) is 0 Å². The number of halogens is 1. The lowest BCUT2D eigenvalue weighted by Gasteiger charge is -2.36. The second-order valence-corrected chi connectivity index (χ2v) is 6.53. The molecule has 3 aliphatic rings. The topological polar surface area (TPSA) is 89.9 Å². The normalized spacial score (nSPS) is 40.9. The van der Waals surface area contributed by atoms with Gasteiger partial charge < -0.3 is 10.2 Å². The Labute approximate surface area is 129 Å². The Morgan fingerprint density at radius 2 is 1.90 bits per heavy atom. The van der Waals surface area contributed by atoms with Gasteiger partial charge >= 0.3 is 0 Å². The molecule has 0 radical (unpaired) electrons. The van der Waals surface area contributed by atoms with Gasteiger partial charge in [-0.15, -0.1) is 0 Å². The third-order valence-electron chi connectivity index (χ3n) is 4.03. The molecule has 0 aromatic heterocycles. The van der Waals surface area contributed by atoms with Crippen molar-refractivity contribution in [1.82, 2.24) is 10.2 Å². The second kappa shape index (κ2) is 5.21. The molecule has 5 unspecified atom stereocenters. The Hall–Kier alpha value is -0.770. The average molecular weight is 390 g/mol. The van der Waals surface area contributed by atoms with Gasteiger partial charge in [-0.3, -0.25) is 19.8 Å². The molecule has 1 aliphatic carbocycles. The van der Waals surface area contributed by atoms with Crippen molar-refractivity contribution in [3.63, 3.8) is 0 Å². The molecule has 2 fully saturated rings. The molecule has 7 heteroatoms. The lowest BCUT2D eigenvalue weighted by Crippen LogP contribution is -2.58. The van der Waals surface area contributed by atoms with Gasteiger partial charge in [0.05, 0.1) is 17.9 Å². The first-order chi connectivity index (χ1) is 9.49. The summed E-state index contributed by atoms with van der Waals surface area (Å²) >= 11 is 2.12. The molecule has 2 aliphatic heterocycles. The SMILES string of the molecule is O=C1C2C=CC(I)=CC2C(=O)N1C1CCC(O)NC1O. The first-order valence-corrected chi connectivity index (χ1v) is 7.61. The highest BCUT2D eigenvalue weighted by atomic mass is 127. The highest BCUT2D eigenvalue weighted by Gasteiger charge is 2.50. The van der Waals surface area contributed by atoms with Crippen LogP contribution in [0.5, 0.6) is 0 Å². The highest BCUT2D eigenvalue weighted by molar-refractivity contribution is 14.1. The number of fused-ring (bicyclic) bond motifs is 1. The fraction of sp³-hybridized carbons (Fsp3) is 0.538. The largest absolute Gasteiger partial charge is 0.379 e. The fourth-order valence-corrected chi connectivity index (χ4v) is 3.61. The van der Waals surface area contributed by atoms with Gasteiger partial charge in [0.1, 0.15) is 12.5 Å². The van der Waals surface area contributed by atoms with Gasteiger partial charge in [0.25, 0.3) is 0 Å². The van der Waals surface area contributed by atoms with Crippen molar-refractivity contribution in [3.8, 4) is 0 Å². The standard InChI is InChI=1S/C13H15IN2O4/c14-6-1-2-7-8(5-6)13(20)16(12(7)19)9-3-4-10(17)15-11(9)18/h1-2,5,7-11,15,17-18H,3-4H2. The number of amides is 2. The summed E-state index contributed by atoms with van der Waals surface area (Å²) in [6.07, 6.45) is 4.30. The van der Waals surface area contributed by atoms with Gasteiger partial charge in [-0.2, -0.15) is 0 Å². The number of hydrogen-bond acceptors (Lipinski definition) is 5. The summed E-state index contributed by atoms with van der Waals surface area (Å²) in [5, 5.41) is 22.0. The number of carbonyl (C=O) groups excluding carboxylic acids is 2. The number of rotatable bonds is 1. The van der Waals surface area contributed by atoms with Crippen LogP contribution in [-0.2, 0) is 9.59 Å². The van der Waals surface area contributed by atoms with Crippen molar-refractivity contribution >= 4 is 34.4 Å². The molecule has 108 valence electrons. The lowest BCUT2D eigenvalue weighted by molar-refractivity contribution is -0.149. The number of carbonyl (C=O) groups is 2. The van der Waals surface area contributed by atoms with E-state index < -0.39 is 30.3 Å². The van der Waals surface area contributed by atoms with Crippen LogP contribution in [0.4, 0.5) is 0 Å². The van der Waals surface area contributed by atoms with Crippen LogP contribution in [0, 0.1) is 11.8 Å². The minimum absolute atomic E-state index is 0.263. The maximum atomic E-state index is 12.4. The van der Waals surface area contributed by atoms with E-state index in [9.17, 15) is 19.8 Å². The molecule has 0 aromatic rings. The summed E-state index contributed by atoms with van der Waals surface area (Å²) in [5.74, 6) is -1.45. The zero-order valence-electron chi connectivity index (χ0n) is 10.6. The quantitative estimate of drug-likeness (QED) is 0.429. The highest BCUT2D eigenvalue weighted by Crippen LogP contribution is 2.37. The van der Waals surface area contributed by atoms with E-state index in [1.165, 1.54) is 4.90 Å². The molecule has 6 nitrogen and oxygen atoms in total. The van der Waals surface area contributed by atoms with E-state index >= 15 is 0 Å². The Kier molecular flexibility index (Phi) is 3.69. The summed E-state index contributed by atoms with van der Waals surface area (Å²) in [5.41, 5.74) is 0. The molecule has 2 amide bonds. The summed E-state index contributed by atoms with van der Waals surface area (Å²) < 4.78 is 0.935. The smallest absolute Gasteiger partial charge is 0.237 e. The molecule has 2 saturated heterocycles. The Balaban J connectivity index is 1.86. The molecule has 0 saturated carbocycles. The predicted molar refractivity (Wildman–Crippen MR) is 78.2 cm³/mol. The monoisotopic (exact) mass is 390 g/mol. The van der Waals surface area contributed by atoms with Crippen LogP contribution in [0.1, 0.15) is 12.8 Å². The maximum absolute atomic E-state index is 12.4. The Morgan fingerprint density at radius 3 is 2.60 bits per heavy atom. The third kappa shape index (κ3) is 2.22. The van der Waals surface area contributed by atoms with E-state index in [0.717, 1.165) is 3.58 Å². The minimum atomic E-state index is -1.08. The third-order valence-corrected chi connectivity index (χ3v) is 4.75. The van der Waals surface area contributed by atoms with Crippen molar-refractivity contribution in [2.45, 2.75) is 31.3 Å². The van der Waals surface area contributed by atoms with Gasteiger partial charge in [-0.05, 0) is 35.4 Å². The number of imide groups is 1. The molecule has 5 atom stereocenters. The molecule has 0 aromatic carbocycles. The summed E-state index contributed by atoms with van der Waals surface area (Å²) in [7, 11) is 0. The maximum Gasteiger partial charge on any atom is 0.237 e. The minimum Gasteiger partial charge on any atom is -0.379 e. The molecular weight excluding hydrogens is 375 g/mol. The lowest BCUT2D eigenvalue weighted by atomic mass is 9.91. The number of piperidine rings is 1. The van der Waals surface area contributed by atoms with Crippen LogP contribution in [-0.4, -0.2) is 45.4 Å². The fourth-order valence-electron chi connectivity index (χ4n) is 3.01. The Bertz CT molecular complexity index is 519. The number of nitrogens with zero attached hydrogens (tertiary/aromatic N) is 1. The molecule has 2 heterocycles. The van der Waals surface area contributed by atoms with E-state index in [0.29, 0.717) is 12.8 Å². The predicted octanol–water partition coefficient (Wildman–Crippen LogP) is -0.135. The van der Waals surface area contributed by atoms with Gasteiger partial charge in [0, 0.05) is 3.58 Å². The number of aliphatic hydroxyl groups is 2. The number of nitrogens with one attached hydrogen (secondary N) is 1. The average Bonchev–Trinajstić information content (AvgIpc) is 2.63. The molecular formula is C13H15IN2O4. The second-order valence-electron chi connectivity index (χ2n) is 5.28. The zero-order chi connectivity index (χ0) is 14.4. The summed E-state index contributed by atoms with van der Waals surface area (Å²) in [6, 6.07) is -0.608. The number of likely N-dealkylation sites (tertiary alicyclic amines) is 1. The first kappa shape index (κ1) is 14.2. The number of allylic oxidation sites excluding steroid dienone is 2. The summed E-state index contributed by atoms with van der Waals surface area (Å²) in [4.78, 5) is 26.0. The van der Waals surface area contributed by atoms with Crippen molar-refractivity contribution in [2.75, 3.05) is 0 Å². The molecule has 0 bridgehead atoms. The molecule has 3 rings (SSSR count). The number of aliphatic hydroxyl groups excluding tert-OH is 2. The first-order valence-electron chi connectivity index (χ1n) is 6.53. The van der Waals surface area contributed by atoms with Crippen molar-refractivity contribution < 1.29 is 19.8 Å². The zero-order valence-corrected chi connectivity index (χ0v) is 12.7. The van der Waals surface area contributed by atoms with E-state index in [1.54, 1.807) is 12.2 Å². The Morgan fingerprint density at radius 1 is 1.20 bits per heavy atom. The van der Waals surface area contributed by atoms with Crippen LogP contribution >= 0.6 is 22.6 Å². The van der Waals surface area contributed by atoms with Crippen molar-refractivity contribution in [2.24, 2.45) is 11.8 Å². The number of hydrogen-bond donors (Lipinski definition) is 3. The van der Waals surface area contributed by atoms with Gasteiger partial charge in [0.2, 0.25) is 11.8 Å². The van der Waals surface area contributed by atoms with Crippen LogP contribution in [0.25, 0.3) is 0 Å². The van der Waals surface area contributed by atoms with Crippen LogP contribution < -0.4 is 5.32 Å². The molecule has 0 spiro atoms. The van der Waals surface area contributed by atoms with E-state index in [4.69, 9.17) is 0 Å². The van der Waals surface area contributed by atoms with E-state index in [2.05, 4.69) is 27.9 Å². The van der Waals surface area contributed by atoms with E-state index in [1.807, 2.05) is 6.08 Å². The van der Waals surface area contributed by atoms with Crippen molar-refractivity contribution in [1.29, 1.82) is 0 Å². The van der Waals surface area contributed by atoms with E-state index in [-0.39, 0.29) is 11.8 Å². The van der Waals surface area contributed by atoms with Crippen molar-refractivity contribution in [3.05, 3.63) is 21.8 Å².